The molecule has 0 spiro atoms. The van der Waals surface area contributed by atoms with Crippen molar-refractivity contribution >= 4 is 62.5 Å². The summed E-state index contributed by atoms with van der Waals surface area (Å²) in [4.78, 5) is 23.0. The third-order valence-corrected chi connectivity index (χ3v) is 6.68. The molecule has 36 heavy (non-hydrogen) atoms. The van der Waals surface area contributed by atoms with E-state index >= 15 is 4.39 Å². The number of amides is 1. The number of aryl methyl sites for hydroxylation is 1. The molecule has 0 unspecified atom stereocenters. The Morgan fingerprint density at radius 2 is 1.72 bits per heavy atom. The Bertz CT molecular complexity index is 1290. The van der Waals surface area contributed by atoms with Gasteiger partial charge in [-0.15, -0.1) is 0 Å². The molecule has 1 amide bonds. The number of oxime groups is 2. The van der Waals surface area contributed by atoms with Crippen LogP contribution in [0.5, 0.6) is 0 Å². The number of hydrogen-bond donors (Lipinski definition) is 1. The summed E-state index contributed by atoms with van der Waals surface area (Å²) in [5.74, 6) is -0.380. The highest BCUT2D eigenvalue weighted by atomic mass is 127. The summed E-state index contributed by atoms with van der Waals surface area (Å²) >= 11 is 3.56. The maximum absolute atomic E-state index is 15.2. The lowest BCUT2D eigenvalue weighted by molar-refractivity contribution is -0.114. The number of alkyl halides is 3. The zero-order valence-corrected chi connectivity index (χ0v) is 24.6. The summed E-state index contributed by atoms with van der Waals surface area (Å²) in [6.45, 7) is 3.78. The van der Waals surface area contributed by atoms with Crippen molar-refractivity contribution in [3.63, 3.8) is 0 Å². The maximum atomic E-state index is 15.2. The number of benzene rings is 3. The average molecular weight is 713 g/mol. The lowest BCUT2D eigenvalue weighted by Crippen LogP contribution is -2.29. The van der Waals surface area contributed by atoms with Crippen LogP contribution in [0.3, 0.4) is 0 Å². The number of carbonyl (C=O) groups is 1. The molecule has 0 atom stereocenters. The first kappa shape index (κ1) is 28.0. The summed E-state index contributed by atoms with van der Waals surface area (Å²) in [5, 5.41) is 10.8. The van der Waals surface area contributed by atoms with Crippen molar-refractivity contribution in [3.05, 3.63) is 94.5 Å². The van der Waals surface area contributed by atoms with Crippen LogP contribution in [-0.2, 0) is 22.8 Å². The fourth-order valence-electron chi connectivity index (χ4n) is 3.69. The normalized spacial score (nSPS) is 12.3. The molecule has 3 rings (SSSR count). The first-order valence-corrected chi connectivity index (χ1v) is 13.2. The van der Waals surface area contributed by atoms with Crippen LogP contribution in [0.15, 0.2) is 77.0 Å². The van der Waals surface area contributed by atoms with E-state index in [1.54, 1.807) is 58.2 Å². The van der Waals surface area contributed by atoms with Crippen LogP contribution in [-0.4, -0.2) is 31.5 Å². The monoisotopic (exact) mass is 713 g/mol. The predicted octanol–water partition coefficient (Wildman–Crippen LogP) is 6.65. The first-order chi connectivity index (χ1) is 17.2. The minimum Gasteiger partial charge on any atom is -0.398 e. The quantitative estimate of drug-likeness (QED) is 0.117. The summed E-state index contributed by atoms with van der Waals surface area (Å²) in [6, 6.07) is 21.0. The van der Waals surface area contributed by atoms with Crippen LogP contribution >= 0.6 is 45.2 Å². The van der Waals surface area contributed by atoms with E-state index in [-0.39, 0.29) is 18.2 Å². The number of nitrogens with one attached hydrogen (secondary N) is 1. The van der Waals surface area contributed by atoms with Gasteiger partial charge in [0.15, 0.2) is 5.71 Å². The standard InChI is InChI=1S/C27H26FI2N3O3/c1-17-9-8-12-22(25(33-35-4)26(34)31-3)23(17)16-36-32-18(2)21-14-13-20(15-24(21)27(28,29)30)19-10-6-5-7-11-19/h5-15H,16H2,1-4H3,(H,31,34)/b32-18+,33-25+. The zero-order valence-electron chi connectivity index (χ0n) is 20.3. The van der Waals surface area contributed by atoms with Gasteiger partial charge in [0.05, 0.1) is 5.71 Å². The second-order valence-electron chi connectivity index (χ2n) is 7.88. The van der Waals surface area contributed by atoms with Crippen molar-refractivity contribution in [3.8, 4) is 11.1 Å². The maximum Gasteiger partial charge on any atom is 0.273 e. The lowest BCUT2D eigenvalue weighted by Gasteiger charge is -2.18. The van der Waals surface area contributed by atoms with E-state index in [9.17, 15) is 4.79 Å². The number of hydrogen-bond acceptors (Lipinski definition) is 5. The van der Waals surface area contributed by atoms with Crippen LogP contribution in [0, 0.1) is 6.92 Å². The second kappa shape index (κ2) is 12.6. The molecule has 0 fully saturated rings. The summed E-state index contributed by atoms with van der Waals surface area (Å²) in [7, 11) is 2.91. The third kappa shape index (κ3) is 6.81. The van der Waals surface area contributed by atoms with Gasteiger partial charge in [-0.05, 0) is 81.8 Å². The fourth-order valence-corrected chi connectivity index (χ4v) is 4.58. The third-order valence-electron chi connectivity index (χ3n) is 5.52. The first-order valence-electron chi connectivity index (χ1n) is 11.0. The van der Waals surface area contributed by atoms with Crippen molar-refractivity contribution in [2.24, 2.45) is 10.3 Å². The summed E-state index contributed by atoms with van der Waals surface area (Å²) < 4.78 is 13.6. The van der Waals surface area contributed by atoms with Crippen molar-refractivity contribution in [2.75, 3.05) is 14.2 Å². The van der Waals surface area contributed by atoms with Gasteiger partial charge >= 0.3 is 0 Å². The highest BCUT2D eigenvalue weighted by molar-refractivity contribution is 14.2. The number of nitrogens with zero attached hydrogens (tertiary/aromatic N) is 2. The predicted molar refractivity (Wildman–Crippen MR) is 158 cm³/mol. The highest BCUT2D eigenvalue weighted by Gasteiger charge is 2.28. The van der Waals surface area contributed by atoms with Crippen molar-refractivity contribution < 1.29 is 18.9 Å². The van der Waals surface area contributed by atoms with Gasteiger partial charge in [0.1, 0.15) is 13.7 Å². The number of carbonyl (C=O) groups excluding carboxylic acids is 1. The largest absolute Gasteiger partial charge is 0.398 e. The van der Waals surface area contributed by atoms with Gasteiger partial charge in [-0.1, -0.05) is 71.0 Å². The molecule has 1 N–H and O–H groups in total. The van der Waals surface area contributed by atoms with Gasteiger partial charge in [0, 0.05) is 29.3 Å². The molecular weight excluding hydrogens is 687 g/mol. The second-order valence-corrected chi connectivity index (χ2v) is 12.9. The van der Waals surface area contributed by atoms with Crippen molar-refractivity contribution in [1.82, 2.24) is 5.32 Å². The Hall–Kier alpha value is -2.54. The fraction of sp³-hybridized carbons (Fsp3) is 0.222. The molecule has 0 bridgehead atoms. The smallest absolute Gasteiger partial charge is 0.273 e. The molecule has 0 heterocycles. The van der Waals surface area contributed by atoms with E-state index in [1.165, 1.54) is 14.2 Å². The van der Waals surface area contributed by atoms with Gasteiger partial charge in [0.2, 0.25) is 1.68 Å². The number of likely N-dealkylation sites (N-methyl/N-ethyl adjacent to an activating group) is 1. The molecule has 9 heteroatoms. The lowest BCUT2D eigenvalue weighted by atomic mass is 9.97. The van der Waals surface area contributed by atoms with E-state index < -0.39 is 1.68 Å². The Morgan fingerprint density at radius 3 is 2.36 bits per heavy atom. The molecule has 3 aromatic carbocycles. The van der Waals surface area contributed by atoms with E-state index in [0.717, 1.165) is 22.3 Å². The van der Waals surface area contributed by atoms with Gasteiger partial charge in [0.25, 0.3) is 5.91 Å². The van der Waals surface area contributed by atoms with Crippen LogP contribution in [0.4, 0.5) is 4.39 Å². The zero-order chi connectivity index (χ0) is 26.3. The Balaban J connectivity index is 1.92. The van der Waals surface area contributed by atoms with Gasteiger partial charge in [-0.3, -0.25) is 4.79 Å². The van der Waals surface area contributed by atoms with Gasteiger partial charge < -0.3 is 15.0 Å². The molecule has 6 nitrogen and oxygen atoms in total. The van der Waals surface area contributed by atoms with E-state index in [0.29, 0.717) is 22.4 Å². The van der Waals surface area contributed by atoms with Crippen molar-refractivity contribution in [2.45, 2.75) is 22.1 Å². The molecule has 0 aromatic heterocycles. The molecule has 0 saturated heterocycles. The van der Waals surface area contributed by atoms with E-state index in [4.69, 9.17) is 9.68 Å². The summed E-state index contributed by atoms with van der Waals surface area (Å²) in [5.41, 5.74) is 5.98. The SMILES string of the molecule is CNC(=O)/C(=N/OC)c1cccc(C)c1CO/N=C(\C)c1ccc(-c2ccccc2)cc1C(F)(I)I. The topological polar surface area (TPSA) is 72.3 Å². The average Bonchev–Trinajstić information content (AvgIpc) is 2.87. The van der Waals surface area contributed by atoms with E-state index in [2.05, 4.69) is 15.6 Å². The molecule has 0 aliphatic carbocycles. The van der Waals surface area contributed by atoms with Crippen LogP contribution in [0.1, 0.15) is 34.7 Å². The minimum atomic E-state index is -1.64. The number of rotatable bonds is 9. The van der Waals surface area contributed by atoms with Crippen LogP contribution in [0.25, 0.3) is 11.1 Å². The minimum absolute atomic E-state index is 0.0890. The Kier molecular flexibility index (Phi) is 9.83. The Labute approximate surface area is 237 Å². The van der Waals surface area contributed by atoms with Crippen LogP contribution in [0.2, 0.25) is 0 Å². The van der Waals surface area contributed by atoms with Gasteiger partial charge in [-0.25, -0.2) is 4.39 Å². The molecular formula is C27H26FI2N3O3. The molecule has 0 aliphatic rings. The molecule has 0 radical (unpaired) electrons. The molecule has 0 aliphatic heterocycles. The molecule has 188 valence electrons. The summed E-state index contributed by atoms with van der Waals surface area (Å²) in [6.07, 6.45) is 0. The molecule has 0 saturated carbocycles. The Morgan fingerprint density at radius 1 is 1.00 bits per heavy atom. The van der Waals surface area contributed by atoms with Gasteiger partial charge in [-0.2, -0.15) is 0 Å². The van der Waals surface area contributed by atoms with E-state index in [1.807, 2.05) is 67.6 Å². The molecule has 3 aromatic rings. The van der Waals surface area contributed by atoms with Crippen LogP contribution < -0.4 is 5.32 Å². The van der Waals surface area contributed by atoms with Crippen molar-refractivity contribution in [1.29, 1.82) is 0 Å². The highest BCUT2D eigenvalue weighted by Crippen LogP contribution is 2.44. The number of halogens is 3.